The van der Waals surface area contributed by atoms with Gasteiger partial charge in [-0.1, -0.05) is 30.3 Å². The molecule has 1 atom stereocenters. The second-order valence-electron chi connectivity index (χ2n) is 5.93. The van der Waals surface area contributed by atoms with Crippen molar-refractivity contribution in [2.24, 2.45) is 4.99 Å². The van der Waals surface area contributed by atoms with Gasteiger partial charge in [-0.15, -0.1) is 0 Å². The first-order valence-corrected chi connectivity index (χ1v) is 10.7. The Morgan fingerprint density at radius 2 is 1.81 bits per heavy atom. The standard InChI is InChI=1S/C19H32N4O2S/c1-5-20-19(22(4)15-18(24)23(6-2)7-3)21-13-14-26(25)16-17-11-9-8-10-12-17/h8-12H,5-7,13-16H2,1-4H3,(H,20,21). The van der Waals surface area contributed by atoms with E-state index >= 15 is 0 Å². The number of hydrogen-bond donors (Lipinski definition) is 1. The number of nitrogens with one attached hydrogen (secondary N) is 1. The smallest absolute Gasteiger partial charge is 0.242 e. The van der Waals surface area contributed by atoms with Crippen molar-refractivity contribution in [1.82, 2.24) is 15.1 Å². The molecule has 0 bridgehead atoms. The van der Waals surface area contributed by atoms with Crippen LogP contribution in [-0.4, -0.2) is 71.4 Å². The van der Waals surface area contributed by atoms with Crippen molar-refractivity contribution in [3.63, 3.8) is 0 Å². The number of guanidine groups is 1. The normalized spacial score (nSPS) is 12.5. The number of amides is 1. The Morgan fingerprint density at radius 3 is 2.38 bits per heavy atom. The first-order valence-electron chi connectivity index (χ1n) is 9.17. The Bertz CT molecular complexity index is 588. The maximum Gasteiger partial charge on any atom is 0.242 e. The molecule has 0 saturated heterocycles. The molecule has 0 aliphatic heterocycles. The first kappa shape index (κ1) is 22.2. The summed E-state index contributed by atoms with van der Waals surface area (Å²) in [6.45, 7) is 8.81. The monoisotopic (exact) mass is 380 g/mol. The van der Waals surface area contributed by atoms with Crippen LogP contribution >= 0.6 is 0 Å². The Balaban J connectivity index is 2.56. The molecule has 1 N–H and O–H groups in total. The van der Waals surface area contributed by atoms with Gasteiger partial charge in [-0.05, 0) is 26.3 Å². The molecule has 0 heterocycles. The minimum absolute atomic E-state index is 0.0794. The molecule has 0 aliphatic rings. The van der Waals surface area contributed by atoms with E-state index in [1.54, 1.807) is 4.90 Å². The van der Waals surface area contributed by atoms with E-state index in [2.05, 4.69) is 10.3 Å². The van der Waals surface area contributed by atoms with Crippen LogP contribution in [0.15, 0.2) is 35.3 Å². The van der Waals surface area contributed by atoms with E-state index in [1.807, 2.05) is 63.1 Å². The van der Waals surface area contributed by atoms with Crippen molar-refractivity contribution in [1.29, 1.82) is 0 Å². The summed E-state index contributed by atoms with van der Waals surface area (Å²) in [5.41, 5.74) is 1.07. The summed E-state index contributed by atoms with van der Waals surface area (Å²) in [6, 6.07) is 9.83. The number of aliphatic imine (C=N–C) groups is 1. The van der Waals surface area contributed by atoms with Gasteiger partial charge in [0.1, 0.15) is 0 Å². The quantitative estimate of drug-likeness (QED) is 0.496. The van der Waals surface area contributed by atoms with Gasteiger partial charge in [-0.25, -0.2) is 0 Å². The summed E-state index contributed by atoms with van der Waals surface area (Å²) in [5.74, 6) is 1.80. The van der Waals surface area contributed by atoms with E-state index < -0.39 is 10.8 Å². The van der Waals surface area contributed by atoms with Crippen LogP contribution in [0.1, 0.15) is 26.3 Å². The van der Waals surface area contributed by atoms with E-state index in [4.69, 9.17) is 0 Å². The molecule has 0 saturated carbocycles. The lowest BCUT2D eigenvalue weighted by Gasteiger charge is -2.25. The second-order valence-corrected chi connectivity index (χ2v) is 7.51. The lowest BCUT2D eigenvalue weighted by atomic mass is 10.2. The predicted octanol–water partition coefficient (Wildman–Crippen LogP) is 1.70. The van der Waals surface area contributed by atoms with Crippen LogP contribution in [0.2, 0.25) is 0 Å². The molecule has 1 amide bonds. The Labute approximate surface area is 160 Å². The van der Waals surface area contributed by atoms with Crippen molar-refractivity contribution in [2.45, 2.75) is 26.5 Å². The molecule has 0 aliphatic carbocycles. The van der Waals surface area contributed by atoms with Gasteiger partial charge in [-0.2, -0.15) is 0 Å². The van der Waals surface area contributed by atoms with Gasteiger partial charge in [0.05, 0.1) is 13.1 Å². The molecule has 1 unspecified atom stereocenters. The van der Waals surface area contributed by atoms with E-state index in [9.17, 15) is 9.00 Å². The third kappa shape index (κ3) is 7.99. The highest BCUT2D eigenvalue weighted by Crippen LogP contribution is 2.03. The molecule has 1 aromatic rings. The number of carbonyl (C=O) groups excluding carboxylic acids is 1. The summed E-state index contributed by atoms with van der Waals surface area (Å²) in [7, 11) is 0.897. The van der Waals surface area contributed by atoms with Gasteiger partial charge in [0.15, 0.2) is 5.96 Å². The molecule has 1 aromatic carbocycles. The summed E-state index contributed by atoms with van der Waals surface area (Å²) in [4.78, 5) is 20.4. The third-order valence-electron chi connectivity index (χ3n) is 3.94. The van der Waals surface area contributed by atoms with Crippen molar-refractivity contribution in [3.05, 3.63) is 35.9 Å². The lowest BCUT2D eigenvalue weighted by Crippen LogP contribution is -2.45. The molecule has 26 heavy (non-hydrogen) atoms. The Kier molecular flexibility index (Phi) is 10.6. The third-order valence-corrected chi connectivity index (χ3v) is 5.23. The van der Waals surface area contributed by atoms with Crippen LogP contribution < -0.4 is 5.32 Å². The first-order chi connectivity index (χ1) is 12.5. The van der Waals surface area contributed by atoms with E-state index in [0.717, 1.165) is 12.1 Å². The molecule has 6 nitrogen and oxygen atoms in total. The summed E-state index contributed by atoms with van der Waals surface area (Å²) >= 11 is 0. The average Bonchev–Trinajstić information content (AvgIpc) is 2.62. The molecule has 0 radical (unpaired) electrons. The van der Waals surface area contributed by atoms with Gasteiger partial charge in [0, 0.05) is 49.0 Å². The number of rotatable bonds is 10. The van der Waals surface area contributed by atoms with E-state index in [1.165, 1.54) is 0 Å². The fourth-order valence-electron chi connectivity index (χ4n) is 2.51. The molecular weight excluding hydrogens is 348 g/mol. The SMILES string of the molecule is CCNC(=NCCS(=O)Cc1ccccc1)N(C)CC(=O)N(CC)CC. The van der Waals surface area contributed by atoms with Crippen molar-refractivity contribution in [3.8, 4) is 0 Å². The van der Waals surface area contributed by atoms with Crippen LogP contribution in [0.4, 0.5) is 0 Å². The highest BCUT2D eigenvalue weighted by molar-refractivity contribution is 7.84. The molecular formula is C19H32N4O2S. The van der Waals surface area contributed by atoms with Crippen LogP contribution in [0.3, 0.4) is 0 Å². The van der Waals surface area contributed by atoms with Crippen molar-refractivity contribution >= 4 is 22.7 Å². The minimum Gasteiger partial charge on any atom is -0.357 e. The van der Waals surface area contributed by atoms with Gasteiger partial charge >= 0.3 is 0 Å². The molecule has 7 heteroatoms. The predicted molar refractivity (Wildman–Crippen MR) is 110 cm³/mol. The molecule has 1 rings (SSSR count). The van der Waals surface area contributed by atoms with Gasteiger partial charge in [-0.3, -0.25) is 14.0 Å². The topological polar surface area (TPSA) is 65.0 Å². The second kappa shape index (κ2) is 12.5. The minimum atomic E-state index is -0.954. The van der Waals surface area contributed by atoms with Crippen molar-refractivity contribution in [2.75, 3.05) is 45.5 Å². The molecule has 0 fully saturated rings. The summed E-state index contributed by atoms with van der Waals surface area (Å²) in [6.07, 6.45) is 0. The largest absolute Gasteiger partial charge is 0.357 e. The van der Waals surface area contributed by atoms with E-state index in [0.29, 0.717) is 37.1 Å². The Hall–Kier alpha value is -1.89. The number of hydrogen-bond acceptors (Lipinski definition) is 3. The maximum absolute atomic E-state index is 12.3. The van der Waals surface area contributed by atoms with Gasteiger partial charge < -0.3 is 15.1 Å². The summed E-state index contributed by atoms with van der Waals surface area (Å²) < 4.78 is 12.2. The average molecular weight is 381 g/mol. The lowest BCUT2D eigenvalue weighted by molar-refractivity contribution is -0.131. The molecule has 0 spiro atoms. The fraction of sp³-hybridized carbons (Fsp3) is 0.579. The van der Waals surface area contributed by atoms with Gasteiger partial charge in [0.25, 0.3) is 0 Å². The zero-order valence-electron chi connectivity index (χ0n) is 16.4. The van der Waals surface area contributed by atoms with Crippen LogP contribution in [0.5, 0.6) is 0 Å². The highest BCUT2D eigenvalue weighted by Gasteiger charge is 2.15. The maximum atomic E-state index is 12.3. The molecule has 146 valence electrons. The number of carbonyl (C=O) groups is 1. The van der Waals surface area contributed by atoms with Crippen molar-refractivity contribution < 1.29 is 9.00 Å². The summed E-state index contributed by atoms with van der Waals surface area (Å²) in [5, 5.41) is 3.19. The van der Waals surface area contributed by atoms with Crippen LogP contribution in [0, 0.1) is 0 Å². The zero-order valence-corrected chi connectivity index (χ0v) is 17.2. The molecule has 0 aromatic heterocycles. The van der Waals surface area contributed by atoms with Crippen LogP contribution in [-0.2, 0) is 21.3 Å². The Morgan fingerprint density at radius 1 is 1.15 bits per heavy atom. The van der Waals surface area contributed by atoms with E-state index in [-0.39, 0.29) is 12.5 Å². The fourth-order valence-corrected chi connectivity index (χ4v) is 3.51. The highest BCUT2D eigenvalue weighted by atomic mass is 32.2. The number of benzene rings is 1. The van der Waals surface area contributed by atoms with Gasteiger partial charge in [0.2, 0.25) is 5.91 Å². The number of likely N-dealkylation sites (N-methyl/N-ethyl adjacent to an activating group) is 2. The zero-order chi connectivity index (χ0) is 19.4. The van der Waals surface area contributed by atoms with Crippen LogP contribution in [0.25, 0.3) is 0 Å². The number of nitrogens with zero attached hydrogens (tertiary/aromatic N) is 3.